The average molecular weight is 367 g/mol. The zero-order chi connectivity index (χ0) is 14.2. The molecule has 104 valence electrons. The fourth-order valence-electron chi connectivity index (χ4n) is 1.92. The lowest BCUT2D eigenvalue weighted by molar-refractivity contribution is 0.0941. The van der Waals surface area contributed by atoms with Crippen LogP contribution in [0.5, 0.6) is 0 Å². The van der Waals surface area contributed by atoms with Gasteiger partial charge >= 0.3 is 0 Å². The highest BCUT2D eigenvalue weighted by Gasteiger charge is 2.37. The molecule has 2 atom stereocenters. The number of carbonyl (C=O) groups excluding carboxylic acids is 1. The molecule has 1 amide bonds. The topological polar surface area (TPSA) is 63.2 Å². The van der Waals surface area contributed by atoms with Gasteiger partial charge in [-0.3, -0.25) is 4.79 Å². The van der Waals surface area contributed by atoms with Gasteiger partial charge in [-0.25, -0.2) is 8.42 Å². The smallest absolute Gasteiger partial charge is 0.251 e. The number of hydrogen-bond donors (Lipinski definition) is 1. The Kier molecular flexibility index (Phi) is 4.23. The number of amides is 1. The van der Waals surface area contributed by atoms with Crippen molar-refractivity contribution in [3.05, 3.63) is 33.8 Å². The quantitative estimate of drug-likeness (QED) is 0.813. The SMILES string of the molecule is Cc1ccc(C(=O)NC2CS(=O)(=O)CC2Cl)cc1Br. The van der Waals surface area contributed by atoms with Crippen LogP contribution in [-0.2, 0) is 9.84 Å². The normalized spacial score (nSPS) is 25.2. The van der Waals surface area contributed by atoms with Crippen LogP contribution in [0.4, 0.5) is 0 Å². The largest absolute Gasteiger partial charge is 0.347 e. The van der Waals surface area contributed by atoms with Gasteiger partial charge < -0.3 is 5.32 Å². The van der Waals surface area contributed by atoms with E-state index in [2.05, 4.69) is 21.2 Å². The van der Waals surface area contributed by atoms with E-state index in [0.29, 0.717) is 5.56 Å². The van der Waals surface area contributed by atoms with E-state index in [0.717, 1.165) is 10.0 Å². The Morgan fingerprint density at radius 3 is 2.63 bits per heavy atom. The summed E-state index contributed by atoms with van der Waals surface area (Å²) in [5.41, 5.74) is 1.50. The van der Waals surface area contributed by atoms with Crippen molar-refractivity contribution in [2.75, 3.05) is 11.5 Å². The van der Waals surface area contributed by atoms with Crippen molar-refractivity contribution in [2.24, 2.45) is 0 Å². The molecule has 0 bridgehead atoms. The van der Waals surface area contributed by atoms with Crippen molar-refractivity contribution in [1.82, 2.24) is 5.32 Å². The number of halogens is 2. The molecule has 7 heteroatoms. The third-order valence-corrected chi connectivity index (χ3v) is 6.26. The summed E-state index contributed by atoms with van der Waals surface area (Å²) < 4.78 is 23.7. The van der Waals surface area contributed by atoms with Gasteiger partial charge in [0.15, 0.2) is 9.84 Å². The van der Waals surface area contributed by atoms with Gasteiger partial charge in [0.25, 0.3) is 5.91 Å². The predicted octanol–water partition coefficient (Wildman–Crippen LogP) is 1.89. The van der Waals surface area contributed by atoms with Crippen molar-refractivity contribution < 1.29 is 13.2 Å². The third kappa shape index (κ3) is 3.49. The average Bonchev–Trinajstić information content (AvgIpc) is 2.55. The molecule has 2 rings (SSSR count). The summed E-state index contributed by atoms with van der Waals surface area (Å²) in [5.74, 6) is -0.495. The van der Waals surface area contributed by atoms with Gasteiger partial charge in [0.05, 0.1) is 22.9 Å². The van der Waals surface area contributed by atoms with Crippen LogP contribution in [0.15, 0.2) is 22.7 Å². The first-order chi connectivity index (χ1) is 8.78. The molecule has 4 nitrogen and oxygen atoms in total. The van der Waals surface area contributed by atoms with Crippen molar-refractivity contribution in [3.63, 3.8) is 0 Å². The monoisotopic (exact) mass is 365 g/mol. The molecule has 1 fully saturated rings. The molecule has 1 aromatic carbocycles. The molecule has 0 spiro atoms. The molecular formula is C12H13BrClNO3S. The number of carbonyl (C=O) groups is 1. The van der Waals surface area contributed by atoms with Crippen LogP contribution in [-0.4, -0.2) is 37.2 Å². The number of aryl methyl sites for hydroxylation is 1. The molecule has 1 aliphatic rings. The molecule has 1 N–H and O–H groups in total. The van der Waals surface area contributed by atoms with Gasteiger partial charge in [-0.15, -0.1) is 11.6 Å². The summed E-state index contributed by atoms with van der Waals surface area (Å²) in [6.45, 7) is 1.92. The van der Waals surface area contributed by atoms with Crippen molar-refractivity contribution in [1.29, 1.82) is 0 Å². The summed E-state index contributed by atoms with van der Waals surface area (Å²) in [6, 6.07) is 4.70. The number of benzene rings is 1. The zero-order valence-electron chi connectivity index (χ0n) is 10.2. The van der Waals surface area contributed by atoms with Gasteiger partial charge in [-0.05, 0) is 24.6 Å². The van der Waals surface area contributed by atoms with Crippen LogP contribution in [0.25, 0.3) is 0 Å². The molecule has 1 heterocycles. The van der Waals surface area contributed by atoms with E-state index >= 15 is 0 Å². The molecule has 1 aliphatic heterocycles. The Bertz CT molecular complexity index is 617. The molecule has 19 heavy (non-hydrogen) atoms. The number of hydrogen-bond acceptors (Lipinski definition) is 3. The second-order valence-corrected chi connectivity index (χ2v) is 8.21. The second-order valence-electron chi connectivity index (χ2n) is 4.64. The van der Waals surface area contributed by atoms with E-state index in [1.807, 2.05) is 13.0 Å². The van der Waals surface area contributed by atoms with Crippen molar-refractivity contribution in [2.45, 2.75) is 18.3 Å². The Morgan fingerprint density at radius 1 is 1.42 bits per heavy atom. The molecule has 0 aliphatic carbocycles. The number of nitrogens with one attached hydrogen (secondary N) is 1. The van der Waals surface area contributed by atoms with Gasteiger partial charge in [0.1, 0.15) is 0 Å². The minimum Gasteiger partial charge on any atom is -0.347 e. The fourth-order valence-corrected chi connectivity index (χ4v) is 4.85. The summed E-state index contributed by atoms with van der Waals surface area (Å²) in [4.78, 5) is 12.0. The van der Waals surface area contributed by atoms with E-state index < -0.39 is 21.3 Å². The highest BCUT2D eigenvalue weighted by atomic mass is 79.9. The van der Waals surface area contributed by atoms with Crippen molar-refractivity contribution >= 4 is 43.3 Å². The summed E-state index contributed by atoms with van der Waals surface area (Å²) in [7, 11) is -3.14. The van der Waals surface area contributed by atoms with Crippen LogP contribution in [0.1, 0.15) is 15.9 Å². The summed E-state index contributed by atoms with van der Waals surface area (Å²) in [6.07, 6.45) is 0. The molecule has 1 saturated heterocycles. The lowest BCUT2D eigenvalue weighted by Crippen LogP contribution is -2.40. The maximum absolute atomic E-state index is 12.0. The first-order valence-corrected chi connectivity index (χ1v) is 8.75. The summed E-state index contributed by atoms with van der Waals surface area (Å²) >= 11 is 9.30. The molecule has 1 aromatic rings. The third-order valence-electron chi connectivity index (χ3n) is 3.03. The van der Waals surface area contributed by atoms with Gasteiger partial charge in [-0.1, -0.05) is 22.0 Å². The first-order valence-electron chi connectivity index (χ1n) is 5.70. The second kappa shape index (κ2) is 5.42. The molecule has 2 unspecified atom stereocenters. The Hall–Kier alpha value is -0.590. The Morgan fingerprint density at radius 2 is 2.11 bits per heavy atom. The van der Waals surface area contributed by atoms with E-state index in [1.165, 1.54) is 0 Å². The minimum atomic E-state index is -3.14. The number of rotatable bonds is 2. The van der Waals surface area contributed by atoms with E-state index in [4.69, 9.17) is 11.6 Å². The highest BCUT2D eigenvalue weighted by molar-refractivity contribution is 9.10. The van der Waals surface area contributed by atoms with Crippen LogP contribution < -0.4 is 5.32 Å². The summed E-state index contributed by atoms with van der Waals surface area (Å²) in [5, 5.41) is 2.11. The maximum Gasteiger partial charge on any atom is 0.251 e. The minimum absolute atomic E-state index is 0.0862. The number of alkyl halides is 1. The van der Waals surface area contributed by atoms with Crippen molar-refractivity contribution in [3.8, 4) is 0 Å². The lowest BCUT2D eigenvalue weighted by Gasteiger charge is -2.14. The van der Waals surface area contributed by atoms with Crippen LogP contribution in [0.3, 0.4) is 0 Å². The standard InChI is InChI=1S/C12H13BrClNO3S/c1-7-2-3-8(4-9(7)13)12(16)15-11-6-19(17,18)5-10(11)14/h2-4,10-11H,5-6H2,1H3,(H,15,16). The fraction of sp³-hybridized carbons (Fsp3) is 0.417. The van der Waals surface area contributed by atoms with Gasteiger partial charge in [0.2, 0.25) is 0 Å². The number of sulfone groups is 1. The lowest BCUT2D eigenvalue weighted by atomic mass is 10.1. The van der Waals surface area contributed by atoms with Crippen LogP contribution in [0, 0.1) is 6.92 Å². The highest BCUT2D eigenvalue weighted by Crippen LogP contribution is 2.20. The van der Waals surface area contributed by atoms with E-state index in [-0.39, 0.29) is 17.4 Å². The van der Waals surface area contributed by atoms with Gasteiger partial charge in [0, 0.05) is 10.0 Å². The maximum atomic E-state index is 12.0. The molecular weight excluding hydrogens is 354 g/mol. The molecule has 0 aromatic heterocycles. The van der Waals surface area contributed by atoms with E-state index in [1.54, 1.807) is 12.1 Å². The predicted molar refractivity (Wildman–Crippen MR) is 78.4 cm³/mol. The molecule has 0 saturated carbocycles. The Balaban J connectivity index is 2.11. The zero-order valence-corrected chi connectivity index (χ0v) is 13.3. The van der Waals surface area contributed by atoms with Crippen LogP contribution >= 0.6 is 27.5 Å². The van der Waals surface area contributed by atoms with Crippen LogP contribution in [0.2, 0.25) is 0 Å². The first kappa shape index (κ1) is 14.8. The van der Waals surface area contributed by atoms with E-state index in [9.17, 15) is 13.2 Å². The molecule has 0 radical (unpaired) electrons. The van der Waals surface area contributed by atoms with Gasteiger partial charge in [-0.2, -0.15) is 0 Å². The Labute approximate surface area is 125 Å².